The van der Waals surface area contributed by atoms with E-state index in [4.69, 9.17) is 4.42 Å². The molecule has 0 saturated carbocycles. The van der Waals surface area contributed by atoms with Gasteiger partial charge in [0.05, 0.1) is 6.54 Å². The van der Waals surface area contributed by atoms with E-state index in [1.54, 1.807) is 6.07 Å². The van der Waals surface area contributed by atoms with Crippen molar-refractivity contribution in [1.82, 2.24) is 14.5 Å². The van der Waals surface area contributed by atoms with Gasteiger partial charge in [-0.3, -0.25) is 0 Å². The van der Waals surface area contributed by atoms with Crippen molar-refractivity contribution in [3.63, 3.8) is 0 Å². The molecule has 1 saturated heterocycles. The monoisotopic (exact) mass is 379 g/mol. The number of nitrogens with one attached hydrogen (secondary N) is 1. The van der Waals surface area contributed by atoms with Gasteiger partial charge in [0.25, 0.3) is 0 Å². The normalized spacial score (nSPS) is 18.2. The van der Waals surface area contributed by atoms with Crippen LogP contribution in [0.15, 0.2) is 20.0 Å². The average Bonchev–Trinajstić information content (AvgIpc) is 2.81. The van der Waals surface area contributed by atoms with Crippen LogP contribution in [-0.4, -0.2) is 57.4 Å². The van der Waals surface area contributed by atoms with Crippen LogP contribution in [0.2, 0.25) is 0 Å². The van der Waals surface area contributed by atoms with Gasteiger partial charge in [0.2, 0.25) is 10.0 Å². The predicted molar refractivity (Wildman–Crippen MR) is 84.7 cm³/mol. The highest BCUT2D eigenvalue weighted by molar-refractivity contribution is 9.10. The first-order valence-corrected chi connectivity index (χ1v) is 9.36. The SMILES string of the molecule is CCCNCc1cc(S(=O)(=O)N2CCN(C)CC2)c(Br)o1. The molecule has 0 atom stereocenters. The van der Waals surface area contributed by atoms with Gasteiger partial charge in [0.15, 0.2) is 4.67 Å². The molecule has 1 aromatic rings. The second-order valence-electron chi connectivity index (χ2n) is 5.23. The van der Waals surface area contributed by atoms with Crippen molar-refractivity contribution >= 4 is 26.0 Å². The fraction of sp³-hybridized carbons (Fsp3) is 0.692. The molecule has 8 heteroatoms. The van der Waals surface area contributed by atoms with Crippen LogP contribution in [0.5, 0.6) is 0 Å². The molecule has 120 valence electrons. The molecule has 1 aliphatic heterocycles. The Kier molecular flexibility index (Phi) is 5.84. The lowest BCUT2D eigenvalue weighted by Gasteiger charge is -2.31. The van der Waals surface area contributed by atoms with E-state index in [0.717, 1.165) is 26.1 Å². The van der Waals surface area contributed by atoms with E-state index < -0.39 is 10.0 Å². The molecular weight excluding hydrogens is 358 g/mol. The number of nitrogens with zero attached hydrogens (tertiary/aromatic N) is 2. The molecule has 0 bridgehead atoms. The lowest BCUT2D eigenvalue weighted by Crippen LogP contribution is -2.47. The molecule has 1 fully saturated rings. The minimum absolute atomic E-state index is 0.223. The van der Waals surface area contributed by atoms with Crippen molar-refractivity contribution in [2.45, 2.75) is 24.8 Å². The number of sulfonamides is 1. The Bertz CT molecular complexity index is 565. The number of furan rings is 1. The predicted octanol–water partition coefficient (Wildman–Crippen LogP) is 1.48. The zero-order valence-electron chi connectivity index (χ0n) is 12.4. The maximum absolute atomic E-state index is 12.7. The smallest absolute Gasteiger partial charge is 0.247 e. The molecule has 0 aliphatic carbocycles. The summed E-state index contributed by atoms with van der Waals surface area (Å²) >= 11 is 3.23. The summed E-state index contributed by atoms with van der Waals surface area (Å²) in [4.78, 5) is 2.34. The molecule has 0 spiro atoms. The summed E-state index contributed by atoms with van der Waals surface area (Å²) in [7, 11) is -1.49. The molecule has 2 heterocycles. The second kappa shape index (κ2) is 7.23. The third kappa shape index (κ3) is 4.07. The number of hydrogen-bond acceptors (Lipinski definition) is 5. The Morgan fingerprint density at radius 1 is 1.33 bits per heavy atom. The Morgan fingerprint density at radius 2 is 2.00 bits per heavy atom. The molecule has 0 aromatic carbocycles. The van der Waals surface area contributed by atoms with Crippen molar-refractivity contribution in [3.8, 4) is 0 Å². The van der Waals surface area contributed by atoms with Crippen LogP contribution in [-0.2, 0) is 16.6 Å². The molecule has 0 amide bonds. The first kappa shape index (κ1) is 17.0. The van der Waals surface area contributed by atoms with E-state index in [1.807, 2.05) is 7.05 Å². The minimum Gasteiger partial charge on any atom is -0.452 e. The van der Waals surface area contributed by atoms with Crippen LogP contribution in [0.1, 0.15) is 19.1 Å². The first-order chi connectivity index (χ1) is 9.95. The summed E-state index contributed by atoms with van der Waals surface area (Å²) in [6.45, 7) is 6.01. The van der Waals surface area contributed by atoms with Gasteiger partial charge in [-0.1, -0.05) is 6.92 Å². The van der Waals surface area contributed by atoms with E-state index in [9.17, 15) is 8.42 Å². The summed E-state index contributed by atoms with van der Waals surface area (Å²) in [5.74, 6) is 0.628. The topological polar surface area (TPSA) is 65.8 Å². The third-order valence-electron chi connectivity index (χ3n) is 3.51. The Labute approximate surface area is 134 Å². The summed E-state index contributed by atoms with van der Waals surface area (Å²) in [6.07, 6.45) is 1.02. The fourth-order valence-electron chi connectivity index (χ4n) is 2.22. The minimum atomic E-state index is -3.49. The van der Waals surface area contributed by atoms with Gasteiger partial charge in [0, 0.05) is 32.2 Å². The fourth-order valence-corrected chi connectivity index (χ4v) is 4.60. The van der Waals surface area contributed by atoms with E-state index in [1.165, 1.54) is 4.31 Å². The molecule has 21 heavy (non-hydrogen) atoms. The van der Waals surface area contributed by atoms with Crippen LogP contribution >= 0.6 is 15.9 Å². The maximum Gasteiger partial charge on any atom is 0.247 e. The molecular formula is C13H22BrN3O3S. The quantitative estimate of drug-likeness (QED) is 0.758. The van der Waals surface area contributed by atoms with Gasteiger partial charge in [-0.25, -0.2) is 8.42 Å². The number of rotatable bonds is 6. The highest BCUT2D eigenvalue weighted by Gasteiger charge is 2.31. The van der Waals surface area contributed by atoms with E-state index in [-0.39, 0.29) is 9.56 Å². The second-order valence-corrected chi connectivity index (χ2v) is 7.86. The highest BCUT2D eigenvalue weighted by Crippen LogP contribution is 2.29. The van der Waals surface area contributed by atoms with Crippen molar-refractivity contribution in [1.29, 1.82) is 0 Å². The van der Waals surface area contributed by atoms with E-state index >= 15 is 0 Å². The zero-order chi connectivity index (χ0) is 15.5. The van der Waals surface area contributed by atoms with Crippen molar-refractivity contribution in [2.24, 2.45) is 0 Å². The van der Waals surface area contributed by atoms with Crippen LogP contribution in [0.4, 0.5) is 0 Å². The number of hydrogen-bond donors (Lipinski definition) is 1. The third-order valence-corrected chi connectivity index (χ3v) is 6.27. The molecule has 6 nitrogen and oxygen atoms in total. The number of halogens is 1. The van der Waals surface area contributed by atoms with Crippen molar-refractivity contribution in [3.05, 3.63) is 16.5 Å². The van der Waals surface area contributed by atoms with Gasteiger partial charge in [-0.15, -0.1) is 0 Å². The zero-order valence-corrected chi connectivity index (χ0v) is 14.8. The molecule has 1 N–H and O–H groups in total. The number of likely N-dealkylation sites (N-methyl/N-ethyl adjacent to an activating group) is 1. The van der Waals surface area contributed by atoms with Crippen molar-refractivity contribution < 1.29 is 12.8 Å². The number of piperazine rings is 1. The lowest BCUT2D eigenvalue weighted by atomic mass is 10.4. The van der Waals surface area contributed by atoms with Gasteiger partial charge < -0.3 is 14.6 Å². The Balaban J connectivity index is 2.12. The molecule has 0 unspecified atom stereocenters. The maximum atomic E-state index is 12.7. The molecule has 1 aromatic heterocycles. The average molecular weight is 380 g/mol. The Hall–Kier alpha value is -0.410. The molecule has 2 rings (SSSR count). The Morgan fingerprint density at radius 3 is 2.62 bits per heavy atom. The molecule has 0 radical (unpaired) electrons. The van der Waals surface area contributed by atoms with Crippen LogP contribution < -0.4 is 5.32 Å². The molecule has 1 aliphatic rings. The van der Waals surface area contributed by atoms with Crippen LogP contribution in [0.3, 0.4) is 0 Å². The van der Waals surface area contributed by atoms with Crippen LogP contribution in [0, 0.1) is 0 Å². The van der Waals surface area contributed by atoms with Gasteiger partial charge in [0.1, 0.15) is 10.7 Å². The summed E-state index contributed by atoms with van der Waals surface area (Å²) in [5, 5.41) is 3.20. The largest absolute Gasteiger partial charge is 0.452 e. The lowest BCUT2D eigenvalue weighted by molar-refractivity contribution is 0.222. The highest BCUT2D eigenvalue weighted by atomic mass is 79.9. The summed E-state index contributed by atoms with van der Waals surface area (Å²) in [5.41, 5.74) is 0. The van der Waals surface area contributed by atoms with Gasteiger partial charge >= 0.3 is 0 Å². The summed E-state index contributed by atoms with van der Waals surface area (Å²) in [6, 6.07) is 1.61. The van der Waals surface area contributed by atoms with Gasteiger partial charge in [-0.2, -0.15) is 4.31 Å². The van der Waals surface area contributed by atoms with Gasteiger partial charge in [-0.05, 0) is 35.9 Å². The first-order valence-electron chi connectivity index (χ1n) is 7.12. The van der Waals surface area contributed by atoms with E-state index in [2.05, 4.69) is 33.1 Å². The van der Waals surface area contributed by atoms with E-state index in [0.29, 0.717) is 25.4 Å². The van der Waals surface area contributed by atoms with Crippen molar-refractivity contribution in [2.75, 3.05) is 39.8 Å². The standard InChI is InChI=1S/C13H22BrN3O3S/c1-3-4-15-10-11-9-12(13(14)20-11)21(18,19)17-7-5-16(2)6-8-17/h9,15H,3-8,10H2,1-2H3. The van der Waals surface area contributed by atoms with Crippen LogP contribution in [0.25, 0.3) is 0 Å². The summed E-state index contributed by atoms with van der Waals surface area (Å²) < 4.78 is 32.6.